The highest BCUT2D eigenvalue weighted by Gasteiger charge is 2.12. The molecule has 5 heteroatoms. The van der Waals surface area contributed by atoms with Crippen molar-refractivity contribution in [2.24, 2.45) is 0 Å². The van der Waals surface area contributed by atoms with Gasteiger partial charge in [-0.2, -0.15) is 0 Å². The lowest BCUT2D eigenvalue weighted by molar-refractivity contribution is 0.300. The molecule has 1 heterocycles. The van der Waals surface area contributed by atoms with Gasteiger partial charge in [-0.3, -0.25) is 0 Å². The van der Waals surface area contributed by atoms with Crippen LogP contribution in [0.15, 0.2) is 30.6 Å². The molecule has 0 saturated heterocycles. The second kappa shape index (κ2) is 6.75. The van der Waals surface area contributed by atoms with Crippen LogP contribution in [0.2, 0.25) is 0 Å². The number of rotatable bonds is 6. The number of nitrogens with zero attached hydrogens (tertiary/aromatic N) is 2. The molecule has 0 bridgehead atoms. The lowest BCUT2D eigenvalue weighted by Crippen LogP contribution is -2.03. The first-order chi connectivity index (χ1) is 9.76. The molecular weight excluding hydrogens is 254 g/mol. The van der Waals surface area contributed by atoms with Crippen LogP contribution in [0.1, 0.15) is 25.8 Å². The van der Waals surface area contributed by atoms with Crippen molar-refractivity contribution in [2.75, 3.05) is 12.3 Å². The van der Waals surface area contributed by atoms with E-state index in [1.807, 2.05) is 31.2 Å². The second-order valence-corrected chi connectivity index (χ2v) is 4.29. The van der Waals surface area contributed by atoms with Gasteiger partial charge in [0.1, 0.15) is 12.1 Å². The van der Waals surface area contributed by atoms with Gasteiger partial charge in [0.15, 0.2) is 11.5 Å². The van der Waals surface area contributed by atoms with E-state index >= 15 is 0 Å². The third-order valence-corrected chi connectivity index (χ3v) is 2.81. The molecule has 0 unspecified atom stereocenters. The van der Waals surface area contributed by atoms with Crippen molar-refractivity contribution >= 4 is 5.82 Å². The Morgan fingerprint density at radius 1 is 1.10 bits per heavy atom. The van der Waals surface area contributed by atoms with Crippen LogP contribution in [0.5, 0.6) is 17.4 Å². The topological polar surface area (TPSA) is 70.3 Å². The summed E-state index contributed by atoms with van der Waals surface area (Å²) in [5, 5.41) is 0. The fourth-order valence-electron chi connectivity index (χ4n) is 1.80. The number of aromatic nitrogens is 2. The van der Waals surface area contributed by atoms with Crippen LogP contribution in [-0.4, -0.2) is 16.6 Å². The van der Waals surface area contributed by atoms with E-state index in [9.17, 15) is 0 Å². The second-order valence-electron chi connectivity index (χ2n) is 4.29. The predicted octanol–water partition coefficient (Wildman–Crippen LogP) is 3.20. The van der Waals surface area contributed by atoms with Gasteiger partial charge in [-0.05, 0) is 25.0 Å². The molecule has 0 fully saturated rings. The average Bonchev–Trinajstić information content (AvgIpc) is 2.47. The highest BCUT2D eigenvalue weighted by molar-refractivity contribution is 5.48. The summed E-state index contributed by atoms with van der Waals surface area (Å²) in [4.78, 5) is 8.14. The quantitative estimate of drug-likeness (QED) is 0.875. The van der Waals surface area contributed by atoms with E-state index in [0.717, 1.165) is 12.0 Å². The van der Waals surface area contributed by atoms with Crippen molar-refractivity contribution in [3.8, 4) is 17.4 Å². The zero-order valence-corrected chi connectivity index (χ0v) is 11.8. The van der Waals surface area contributed by atoms with Gasteiger partial charge in [0.2, 0.25) is 5.88 Å². The van der Waals surface area contributed by atoms with Crippen molar-refractivity contribution in [1.29, 1.82) is 0 Å². The number of ether oxygens (including phenoxy) is 2. The van der Waals surface area contributed by atoms with E-state index < -0.39 is 0 Å². The average molecular weight is 273 g/mol. The van der Waals surface area contributed by atoms with Crippen molar-refractivity contribution in [2.45, 2.75) is 26.7 Å². The van der Waals surface area contributed by atoms with E-state index in [0.29, 0.717) is 36.2 Å². The Morgan fingerprint density at radius 2 is 1.85 bits per heavy atom. The Bertz CT molecular complexity index is 573. The lowest BCUT2D eigenvalue weighted by atomic mass is 10.2. The maximum Gasteiger partial charge on any atom is 0.227 e. The third kappa shape index (κ3) is 3.17. The molecular formula is C15H19N3O2. The Kier molecular flexibility index (Phi) is 4.76. The summed E-state index contributed by atoms with van der Waals surface area (Å²) in [7, 11) is 0. The molecule has 0 radical (unpaired) electrons. The lowest BCUT2D eigenvalue weighted by Gasteiger charge is -2.13. The molecule has 0 spiro atoms. The van der Waals surface area contributed by atoms with E-state index in [4.69, 9.17) is 15.2 Å². The predicted molar refractivity (Wildman–Crippen MR) is 78.1 cm³/mol. The summed E-state index contributed by atoms with van der Waals surface area (Å²) in [6, 6.07) is 7.53. The molecule has 106 valence electrons. The number of anilines is 1. The summed E-state index contributed by atoms with van der Waals surface area (Å²) < 4.78 is 11.5. The molecule has 1 aromatic carbocycles. The number of hydrogen-bond donors (Lipinski definition) is 1. The maximum atomic E-state index is 5.85. The van der Waals surface area contributed by atoms with Crippen molar-refractivity contribution < 1.29 is 9.47 Å². The van der Waals surface area contributed by atoms with Crippen LogP contribution in [0, 0.1) is 0 Å². The Hall–Kier alpha value is -2.30. The van der Waals surface area contributed by atoms with Gasteiger partial charge in [0.25, 0.3) is 0 Å². The van der Waals surface area contributed by atoms with Gasteiger partial charge in [-0.1, -0.05) is 26.0 Å². The van der Waals surface area contributed by atoms with Crippen LogP contribution in [0.4, 0.5) is 5.82 Å². The molecule has 5 nitrogen and oxygen atoms in total. The van der Waals surface area contributed by atoms with Gasteiger partial charge in [-0.25, -0.2) is 9.97 Å². The summed E-state index contributed by atoms with van der Waals surface area (Å²) in [6.07, 6.45) is 3.05. The minimum Gasteiger partial charge on any atom is -0.490 e. The maximum absolute atomic E-state index is 5.85. The number of nitrogens with two attached hydrogens (primary N) is 1. The van der Waals surface area contributed by atoms with Crippen LogP contribution >= 0.6 is 0 Å². The molecule has 0 aliphatic rings. The molecule has 20 heavy (non-hydrogen) atoms. The summed E-state index contributed by atoms with van der Waals surface area (Å²) in [6.45, 7) is 4.69. The molecule has 0 aliphatic carbocycles. The smallest absolute Gasteiger partial charge is 0.227 e. The van der Waals surface area contributed by atoms with Gasteiger partial charge in [0, 0.05) is 0 Å². The Morgan fingerprint density at radius 3 is 2.55 bits per heavy atom. The molecule has 1 aromatic heterocycles. The summed E-state index contributed by atoms with van der Waals surface area (Å²) >= 11 is 0. The van der Waals surface area contributed by atoms with Crippen molar-refractivity contribution in [1.82, 2.24) is 9.97 Å². The number of nitrogen functional groups attached to an aromatic ring is 1. The summed E-state index contributed by atoms with van der Waals surface area (Å²) in [5.41, 5.74) is 6.64. The Balaban J connectivity index is 2.28. The molecule has 0 atom stereocenters. The van der Waals surface area contributed by atoms with Gasteiger partial charge in [-0.15, -0.1) is 0 Å². The largest absolute Gasteiger partial charge is 0.490 e. The summed E-state index contributed by atoms with van der Waals surface area (Å²) in [5.74, 6) is 2.26. The van der Waals surface area contributed by atoms with Crippen LogP contribution in [-0.2, 0) is 6.42 Å². The SMILES string of the molecule is CCCOc1ccccc1Oc1ncnc(N)c1CC. The Labute approximate surface area is 118 Å². The third-order valence-electron chi connectivity index (χ3n) is 2.81. The van der Waals surface area contributed by atoms with E-state index in [1.165, 1.54) is 6.33 Å². The van der Waals surface area contributed by atoms with Gasteiger partial charge < -0.3 is 15.2 Å². The van der Waals surface area contributed by atoms with Gasteiger partial charge >= 0.3 is 0 Å². The first kappa shape index (κ1) is 14.1. The van der Waals surface area contributed by atoms with E-state index in [1.54, 1.807) is 0 Å². The van der Waals surface area contributed by atoms with Crippen molar-refractivity contribution in [3.05, 3.63) is 36.2 Å². The minimum atomic E-state index is 0.449. The highest BCUT2D eigenvalue weighted by atomic mass is 16.5. The number of benzene rings is 1. The zero-order chi connectivity index (χ0) is 14.4. The van der Waals surface area contributed by atoms with Crippen molar-refractivity contribution in [3.63, 3.8) is 0 Å². The number of hydrogen-bond acceptors (Lipinski definition) is 5. The normalized spacial score (nSPS) is 10.3. The highest BCUT2D eigenvalue weighted by Crippen LogP contribution is 2.32. The molecule has 2 rings (SSSR count). The molecule has 2 aromatic rings. The van der Waals surface area contributed by atoms with Gasteiger partial charge in [0.05, 0.1) is 12.2 Å². The van der Waals surface area contributed by atoms with E-state index in [2.05, 4.69) is 16.9 Å². The van der Waals surface area contributed by atoms with Crippen LogP contribution in [0.3, 0.4) is 0 Å². The monoisotopic (exact) mass is 273 g/mol. The molecule has 2 N–H and O–H groups in total. The number of para-hydroxylation sites is 2. The first-order valence-electron chi connectivity index (χ1n) is 6.75. The molecule has 0 aliphatic heterocycles. The van der Waals surface area contributed by atoms with Crippen LogP contribution in [0.25, 0.3) is 0 Å². The zero-order valence-electron chi connectivity index (χ0n) is 11.8. The minimum absolute atomic E-state index is 0.449. The fraction of sp³-hybridized carbons (Fsp3) is 0.333. The first-order valence-corrected chi connectivity index (χ1v) is 6.75. The fourth-order valence-corrected chi connectivity index (χ4v) is 1.80. The van der Waals surface area contributed by atoms with Crippen LogP contribution < -0.4 is 15.2 Å². The molecule has 0 amide bonds. The molecule has 0 saturated carbocycles. The standard InChI is InChI=1S/C15H19N3O2/c1-3-9-19-12-7-5-6-8-13(12)20-15-11(4-2)14(16)17-10-18-15/h5-8,10H,3-4,9H2,1-2H3,(H2,16,17,18). The van der Waals surface area contributed by atoms with E-state index in [-0.39, 0.29) is 0 Å².